The summed E-state index contributed by atoms with van der Waals surface area (Å²) in [6, 6.07) is 13.7. The first kappa shape index (κ1) is 19.0. The zero-order valence-electron chi connectivity index (χ0n) is 16.1. The van der Waals surface area contributed by atoms with Crippen molar-refractivity contribution >= 4 is 5.97 Å². The van der Waals surface area contributed by atoms with E-state index in [1.54, 1.807) is 0 Å². The predicted octanol–water partition coefficient (Wildman–Crippen LogP) is 5.40. The summed E-state index contributed by atoms with van der Waals surface area (Å²) in [5, 5.41) is 0. The minimum atomic E-state index is -0.395. The van der Waals surface area contributed by atoms with Gasteiger partial charge in [-0.3, -0.25) is 0 Å². The van der Waals surface area contributed by atoms with E-state index in [1.807, 2.05) is 43.3 Å². The van der Waals surface area contributed by atoms with Crippen LogP contribution in [0.15, 0.2) is 42.5 Å². The highest BCUT2D eigenvalue weighted by Crippen LogP contribution is 2.32. The molecule has 0 unspecified atom stereocenters. The van der Waals surface area contributed by atoms with Gasteiger partial charge in [-0.05, 0) is 36.0 Å². The summed E-state index contributed by atoms with van der Waals surface area (Å²) >= 11 is 0. The van der Waals surface area contributed by atoms with Crippen molar-refractivity contribution in [1.29, 1.82) is 0 Å². The van der Waals surface area contributed by atoms with Gasteiger partial charge in [0.15, 0.2) is 6.61 Å². The summed E-state index contributed by atoms with van der Waals surface area (Å²) in [6.07, 6.45) is 0. The van der Waals surface area contributed by atoms with Crippen molar-refractivity contribution in [1.82, 2.24) is 0 Å². The average molecular weight is 340 g/mol. The quantitative estimate of drug-likeness (QED) is 0.540. The molecular formula is C22H28O3. The summed E-state index contributed by atoms with van der Waals surface area (Å²) in [5.41, 5.74) is 3.14. The van der Waals surface area contributed by atoms with Crippen LogP contribution in [0.1, 0.15) is 57.2 Å². The van der Waals surface area contributed by atoms with Gasteiger partial charge in [-0.15, -0.1) is 0 Å². The number of carbonyl (C=O) groups excluding carboxylic acids is 1. The van der Waals surface area contributed by atoms with Gasteiger partial charge in [-0.2, -0.15) is 0 Å². The number of esters is 1. The van der Waals surface area contributed by atoms with Crippen LogP contribution in [0, 0.1) is 6.92 Å². The van der Waals surface area contributed by atoms with Crippen molar-refractivity contribution in [3.05, 3.63) is 59.2 Å². The van der Waals surface area contributed by atoms with Crippen molar-refractivity contribution in [2.45, 2.75) is 52.9 Å². The molecule has 0 aliphatic heterocycles. The fourth-order valence-electron chi connectivity index (χ4n) is 2.70. The lowest BCUT2D eigenvalue weighted by molar-refractivity contribution is -0.136. The summed E-state index contributed by atoms with van der Waals surface area (Å²) in [6.45, 7) is 12.4. The molecule has 0 atom stereocenters. The number of benzene rings is 2. The molecule has 25 heavy (non-hydrogen) atoms. The summed E-state index contributed by atoms with van der Waals surface area (Å²) in [5.74, 6) is 1.27. The molecule has 3 heteroatoms. The summed E-state index contributed by atoms with van der Waals surface area (Å²) in [7, 11) is 0. The van der Waals surface area contributed by atoms with E-state index in [1.165, 1.54) is 0 Å². The number of aryl methyl sites for hydroxylation is 1. The predicted molar refractivity (Wildman–Crippen MR) is 102 cm³/mol. The Kier molecular flexibility index (Phi) is 5.89. The van der Waals surface area contributed by atoms with Crippen molar-refractivity contribution in [3.8, 4) is 11.5 Å². The van der Waals surface area contributed by atoms with E-state index in [0.717, 1.165) is 22.4 Å². The van der Waals surface area contributed by atoms with Crippen LogP contribution in [0.4, 0.5) is 0 Å². The highest BCUT2D eigenvalue weighted by Gasteiger charge is 2.21. The van der Waals surface area contributed by atoms with E-state index in [9.17, 15) is 4.79 Å². The Bertz CT molecular complexity index is 739. The van der Waals surface area contributed by atoms with Gasteiger partial charge in [-0.25, -0.2) is 4.79 Å². The molecule has 3 nitrogen and oxygen atoms in total. The monoisotopic (exact) mass is 340 g/mol. The molecule has 134 valence electrons. The zero-order chi connectivity index (χ0) is 18.6. The Morgan fingerprint density at radius 1 is 1.04 bits per heavy atom. The van der Waals surface area contributed by atoms with Crippen LogP contribution in [0.2, 0.25) is 0 Å². The highest BCUT2D eigenvalue weighted by atomic mass is 16.6. The Balaban J connectivity index is 2.10. The average Bonchev–Trinajstić information content (AvgIpc) is 2.54. The largest absolute Gasteiger partial charge is 0.482 e. The van der Waals surface area contributed by atoms with E-state index in [2.05, 4.69) is 40.7 Å². The molecule has 0 saturated carbocycles. The number of carbonyl (C=O) groups is 1. The van der Waals surface area contributed by atoms with Gasteiger partial charge >= 0.3 is 5.97 Å². The third-order valence-electron chi connectivity index (χ3n) is 4.05. The van der Waals surface area contributed by atoms with Gasteiger partial charge in [0.2, 0.25) is 0 Å². The van der Waals surface area contributed by atoms with Gasteiger partial charge in [0.25, 0.3) is 0 Å². The lowest BCUT2D eigenvalue weighted by Crippen LogP contribution is -2.21. The summed E-state index contributed by atoms with van der Waals surface area (Å²) in [4.78, 5) is 12.3. The van der Waals surface area contributed by atoms with E-state index in [4.69, 9.17) is 9.47 Å². The molecule has 0 aliphatic carbocycles. The van der Waals surface area contributed by atoms with Gasteiger partial charge in [0.1, 0.15) is 11.5 Å². The molecule has 0 radical (unpaired) electrons. The number of hydrogen-bond donors (Lipinski definition) is 0. The third-order valence-corrected chi connectivity index (χ3v) is 4.05. The number of rotatable bonds is 5. The SMILES string of the molecule is Cc1ccc(OC(=O)COc2ccccc2C(C)C)c(C(C)(C)C)c1. The van der Waals surface area contributed by atoms with Gasteiger partial charge in [0, 0.05) is 5.56 Å². The molecule has 0 N–H and O–H groups in total. The summed E-state index contributed by atoms with van der Waals surface area (Å²) < 4.78 is 11.3. The maximum atomic E-state index is 12.3. The second-order valence-corrected chi connectivity index (χ2v) is 7.70. The molecular weight excluding hydrogens is 312 g/mol. The first-order chi connectivity index (χ1) is 11.7. The Hall–Kier alpha value is -2.29. The molecule has 0 amide bonds. The van der Waals surface area contributed by atoms with Crippen LogP contribution in [0.3, 0.4) is 0 Å². The maximum absolute atomic E-state index is 12.3. The molecule has 0 spiro atoms. The standard InChI is InChI=1S/C22H28O3/c1-15(2)17-9-7-8-10-19(17)24-14-21(23)25-20-12-11-16(3)13-18(20)22(4,5)6/h7-13,15H,14H2,1-6H3. The third kappa shape index (κ3) is 5.09. The van der Waals surface area contributed by atoms with Crippen LogP contribution in [0.5, 0.6) is 11.5 Å². The zero-order valence-corrected chi connectivity index (χ0v) is 16.1. The number of para-hydroxylation sites is 1. The van der Waals surface area contributed by atoms with E-state index >= 15 is 0 Å². The minimum absolute atomic E-state index is 0.104. The van der Waals surface area contributed by atoms with Gasteiger partial charge < -0.3 is 9.47 Å². The van der Waals surface area contributed by atoms with Gasteiger partial charge in [0.05, 0.1) is 0 Å². The van der Waals surface area contributed by atoms with Crippen molar-refractivity contribution in [2.24, 2.45) is 0 Å². The van der Waals surface area contributed by atoms with E-state index in [0.29, 0.717) is 11.7 Å². The lowest BCUT2D eigenvalue weighted by Gasteiger charge is -2.23. The molecule has 0 aromatic heterocycles. The van der Waals surface area contributed by atoms with E-state index in [-0.39, 0.29) is 12.0 Å². The molecule has 0 aliphatic rings. The van der Waals surface area contributed by atoms with Crippen LogP contribution >= 0.6 is 0 Å². The topological polar surface area (TPSA) is 35.5 Å². The molecule has 0 fully saturated rings. The molecule has 2 aromatic carbocycles. The minimum Gasteiger partial charge on any atom is -0.482 e. The first-order valence-corrected chi connectivity index (χ1v) is 8.72. The fourth-order valence-corrected chi connectivity index (χ4v) is 2.70. The maximum Gasteiger partial charge on any atom is 0.349 e. The second-order valence-electron chi connectivity index (χ2n) is 7.70. The normalized spacial score (nSPS) is 11.5. The van der Waals surface area contributed by atoms with Crippen LogP contribution < -0.4 is 9.47 Å². The Labute approximate surface area is 151 Å². The Morgan fingerprint density at radius 3 is 2.36 bits per heavy atom. The first-order valence-electron chi connectivity index (χ1n) is 8.72. The van der Waals surface area contributed by atoms with Crippen LogP contribution in [-0.2, 0) is 10.2 Å². The molecule has 2 rings (SSSR count). The van der Waals surface area contributed by atoms with Gasteiger partial charge in [-0.1, -0.05) is 70.5 Å². The molecule has 0 bridgehead atoms. The second kappa shape index (κ2) is 7.73. The van der Waals surface area contributed by atoms with Crippen LogP contribution in [-0.4, -0.2) is 12.6 Å². The van der Waals surface area contributed by atoms with Crippen molar-refractivity contribution < 1.29 is 14.3 Å². The molecule has 0 saturated heterocycles. The van der Waals surface area contributed by atoms with Crippen molar-refractivity contribution in [3.63, 3.8) is 0 Å². The number of ether oxygens (including phenoxy) is 2. The van der Waals surface area contributed by atoms with Crippen LogP contribution in [0.25, 0.3) is 0 Å². The van der Waals surface area contributed by atoms with Crippen molar-refractivity contribution in [2.75, 3.05) is 6.61 Å². The molecule has 0 heterocycles. The molecule has 2 aromatic rings. The fraction of sp³-hybridized carbons (Fsp3) is 0.409. The number of hydrogen-bond acceptors (Lipinski definition) is 3. The highest BCUT2D eigenvalue weighted by molar-refractivity contribution is 5.74. The Morgan fingerprint density at radius 2 is 1.72 bits per heavy atom. The lowest BCUT2D eigenvalue weighted by atomic mass is 9.85. The smallest absolute Gasteiger partial charge is 0.349 e. The van der Waals surface area contributed by atoms with E-state index < -0.39 is 5.97 Å².